The Labute approximate surface area is 154 Å². The molecule has 3 aromatic rings. The maximum Gasteiger partial charge on any atom is 0.261 e. The van der Waals surface area contributed by atoms with Gasteiger partial charge in [-0.2, -0.15) is 0 Å². The van der Waals surface area contributed by atoms with Crippen molar-refractivity contribution in [1.82, 2.24) is 4.57 Å². The van der Waals surface area contributed by atoms with Gasteiger partial charge in [-0.3, -0.25) is 4.72 Å². The van der Waals surface area contributed by atoms with Crippen molar-refractivity contribution in [1.29, 1.82) is 0 Å². The van der Waals surface area contributed by atoms with Gasteiger partial charge in [0.1, 0.15) is 5.75 Å². The van der Waals surface area contributed by atoms with Crippen molar-refractivity contribution < 1.29 is 13.2 Å². The van der Waals surface area contributed by atoms with Crippen molar-refractivity contribution in [3.05, 3.63) is 72.1 Å². The number of nitrogens with zero attached hydrogens (tertiary/aromatic N) is 1. The lowest BCUT2D eigenvalue weighted by Crippen LogP contribution is -2.13. The number of hydrogen-bond donors (Lipinski definition) is 1. The van der Waals surface area contributed by atoms with E-state index in [2.05, 4.69) is 9.29 Å². The van der Waals surface area contributed by atoms with Gasteiger partial charge >= 0.3 is 0 Å². The fourth-order valence-corrected chi connectivity index (χ4v) is 3.91. The first-order chi connectivity index (χ1) is 12.4. The first-order valence-electron chi connectivity index (χ1n) is 8.42. The molecule has 0 aliphatic heterocycles. The normalized spacial score (nSPS) is 11.3. The lowest BCUT2D eigenvalue weighted by molar-refractivity contribution is 0.340. The van der Waals surface area contributed by atoms with Crippen molar-refractivity contribution in [2.45, 2.75) is 25.7 Å². The van der Waals surface area contributed by atoms with E-state index in [0.29, 0.717) is 18.0 Å². The zero-order valence-electron chi connectivity index (χ0n) is 15.1. The van der Waals surface area contributed by atoms with Crippen LogP contribution in [0.3, 0.4) is 0 Å². The van der Waals surface area contributed by atoms with E-state index in [0.717, 1.165) is 17.1 Å². The molecule has 0 fully saturated rings. The first-order valence-corrected chi connectivity index (χ1v) is 9.90. The Morgan fingerprint density at radius 1 is 0.885 bits per heavy atom. The largest absolute Gasteiger partial charge is 0.494 e. The van der Waals surface area contributed by atoms with Crippen LogP contribution >= 0.6 is 0 Å². The fourth-order valence-electron chi connectivity index (χ4n) is 2.85. The predicted octanol–water partition coefficient (Wildman–Crippen LogP) is 4.29. The summed E-state index contributed by atoms with van der Waals surface area (Å²) in [5.41, 5.74) is 3.64. The average molecular weight is 370 g/mol. The third-order valence-corrected chi connectivity index (χ3v) is 5.49. The number of rotatable bonds is 6. The van der Waals surface area contributed by atoms with Gasteiger partial charge in [0.05, 0.1) is 11.5 Å². The molecule has 6 heteroatoms. The summed E-state index contributed by atoms with van der Waals surface area (Å²) >= 11 is 0. The summed E-state index contributed by atoms with van der Waals surface area (Å²) in [5.74, 6) is 0.706. The highest BCUT2D eigenvalue weighted by molar-refractivity contribution is 7.92. The lowest BCUT2D eigenvalue weighted by Gasteiger charge is -2.12. The molecule has 0 aliphatic carbocycles. The van der Waals surface area contributed by atoms with E-state index in [1.165, 1.54) is 0 Å². The summed E-state index contributed by atoms with van der Waals surface area (Å²) in [6, 6.07) is 17.8. The van der Waals surface area contributed by atoms with E-state index in [-0.39, 0.29) is 4.90 Å². The quantitative estimate of drug-likeness (QED) is 0.704. The molecule has 0 atom stereocenters. The third kappa shape index (κ3) is 3.75. The SMILES string of the molecule is CCOc1ccc(NS(=O)(=O)c2ccc(-n3c(C)ccc3C)cc2)cc1. The zero-order valence-corrected chi connectivity index (χ0v) is 15.9. The fraction of sp³-hybridized carbons (Fsp3) is 0.200. The Morgan fingerprint density at radius 2 is 1.46 bits per heavy atom. The van der Waals surface area contributed by atoms with Gasteiger partial charge in [-0.15, -0.1) is 0 Å². The van der Waals surface area contributed by atoms with Crippen LogP contribution in [-0.2, 0) is 10.0 Å². The Morgan fingerprint density at radius 3 is 2.00 bits per heavy atom. The Hall–Kier alpha value is -2.73. The molecule has 0 spiro atoms. The monoisotopic (exact) mass is 370 g/mol. The molecule has 0 aliphatic rings. The summed E-state index contributed by atoms with van der Waals surface area (Å²) in [6.45, 7) is 6.50. The molecular formula is C20H22N2O3S. The van der Waals surface area contributed by atoms with Gasteiger partial charge < -0.3 is 9.30 Å². The van der Waals surface area contributed by atoms with Gasteiger partial charge in [0.15, 0.2) is 0 Å². The number of ether oxygens (including phenoxy) is 1. The zero-order chi connectivity index (χ0) is 18.7. The molecule has 1 aromatic heterocycles. The number of benzene rings is 2. The van der Waals surface area contributed by atoms with Crippen LogP contribution in [0.5, 0.6) is 5.75 Å². The van der Waals surface area contributed by atoms with E-state index in [1.807, 2.05) is 45.0 Å². The molecule has 26 heavy (non-hydrogen) atoms. The Kier molecular flexibility index (Phi) is 5.04. The molecule has 3 rings (SSSR count). The summed E-state index contributed by atoms with van der Waals surface area (Å²) < 4.78 is 35.2. The molecule has 0 amide bonds. The molecule has 0 saturated heterocycles. The summed E-state index contributed by atoms with van der Waals surface area (Å²) in [6.07, 6.45) is 0. The molecule has 5 nitrogen and oxygen atoms in total. The number of anilines is 1. The molecule has 0 bridgehead atoms. The Balaban J connectivity index is 1.81. The molecule has 1 N–H and O–H groups in total. The van der Waals surface area contributed by atoms with Crippen molar-refractivity contribution in [3.8, 4) is 11.4 Å². The highest BCUT2D eigenvalue weighted by Gasteiger charge is 2.15. The van der Waals surface area contributed by atoms with Gasteiger partial charge in [0.25, 0.3) is 10.0 Å². The van der Waals surface area contributed by atoms with E-state index in [4.69, 9.17) is 4.74 Å². The van der Waals surface area contributed by atoms with Crippen LogP contribution < -0.4 is 9.46 Å². The molecule has 0 radical (unpaired) electrons. The minimum absolute atomic E-state index is 0.220. The number of nitrogens with one attached hydrogen (secondary N) is 1. The van der Waals surface area contributed by atoms with Gasteiger partial charge in [0, 0.05) is 22.8 Å². The summed E-state index contributed by atoms with van der Waals surface area (Å²) in [7, 11) is -3.64. The van der Waals surface area contributed by atoms with Crippen LogP contribution in [-0.4, -0.2) is 19.6 Å². The second-order valence-corrected chi connectivity index (χ2v) is 7.69. The number of sulfonamides is 1. The maximum absolute atomic E-state index is 12.6. The number of aromatic nitrogens is 1. The van der Waals surface area contributed by atoms with E-state index in [1.54, 1.807) is 36.4 Å². The molecule has 2 aromatic carbocycles. The lowest BCUT2D eigenvalue weighted by atomic mass is 10.3. The van der Waals surface area contributed by atoms with E-state index >= 15 is 0 Å². The minimum Gasteiger partial charge on any atom is -0.494 e. The highest BCUT2D eigenvalue weighted by atomic mass is 32.2. The average Bonchev–Trinajstić information content (AvgIpc) is 2.95. The molecule has 0 saturated carbocycles. The minimum atomic E-state index is -3.64. The predicted molar refractivity (Wildman–Crippen MR) is 104 cm³/mol. The smallest absolute Gasteiger partial charge is 0.261 e. The van der Waals surface area contributed by atoms with Crippen molar-refractivity contribution >= 4 is 15.7 Å². The molecule has 0 unspecified atom stereocenters. The highest BCUT2D eigenvalue weighted by Crippen LogP contribution is 2.22. The number of aryl methyl sites for hydroxylation is 2. The van der Waals surface area contributed by atoms with Crippen molar-refractivity contribution in [2.24, 2.45) is 0 Å². The molecule has 136 valence electrons. The number of hydrogen-bond acceptors (Lipinski definition) is 3. The van der Waals surface area contributed by atoms with E-state index < -0.39 is 10.0 Å². The van der Waals surface area contributed by atoms with Crippen LogP contribution in [0, 0.1) is 13.8 Å². The van der Waals surface area contributed by atoms with Crippen LogP contribution in [0.4, 0.5) is 5.69 Å². The van der Waals surface area contributed by atoms with Crippen molar-refractivity contribution in [2.75, 3.05) is 11.3 Å². The molecular weight excluding hydrogens is 348 g/mol. The van der Waals surface area contributed by atoms with Gasteiger partial charge in [0.2, 0.25) is 0 Å². The van der Waals surface area contributed by atoms with Crippen LogP contribution in [0.1, 0.15) is 18.3 Å². The molecule has 1 heterocycles. The van der Waals surface area contributed by atoms with Crippen LogP contribution in [0.25, 0.3) is 5.69 Å². The topological polar surface area (TPSA) is 60.3 Å². The summed E-state index contributed by atoms with van der Waals surface area (Å²) in [4.78, 5) is 0.220. The summed E-state index contributed by atoms with van der Waals surface area (Å²) in [5, 5.41) is 0. The van der Waals surface area contributed by atoms with Gasteiger partial charge in [-0.25, -0.2) is 8.42 Å². The third-order valence-electron chi connectivity index (χ3n) is 4.09. The first kappa shape index (κ1) is 18.1. The van der Waals surface area contributed by atoms with Gasteiger partial charge in [-0.1, -0.05) is 0 Å². The Bertz CT molecular complexity index is 969. The van der Waals surface area contributed by atoms with E-state index in [9.17, 15) is 8.42 Å². The standard InChI is InChI=1S/C20H22N2O3S/c1-4-25-19-11-7-17(8-12-19)21-26(23,24)20-13-9-18(10-14-20)22-15(2)5-6-16(22)3/h5-14,21H,4H2,1-3H3. The maximum atomic E-state index is 12.6. The van der Waals surface area contributed by atoms with Gasteiger partial charge in [-0.05, 0) is 81.4 Å². The van der Waals surface area contributed by atoms with Crippen LogP contribution in [0.2, 0.25) is 0 Å². The van der Waals surface area contributed by atoms with Crippen molar-refractivity contribution in [3.63, 3.8) is 0 Å². The van der Waals surface area contributed by atoms with Crippen LogP contribution in [0.15, 0.2) is 65.6 Å². The second kappa shape index (κ2) is 7.25. The second-order valence-electron chi connectivity index (χ2n) is 6.01.